The van der Waals surface area contributed by atoms with Crippen molar-refractivity contribution in [3.63, 3.8) is 0 Å². The van der Waals surface area contributed by atoms with E-state index in [0.717, 1.165) is 29.1 Å². The second-order valence-corrected chi connectivity index (χ2v) is 6.81. The molecule has 1 aliphatic heterocycles. The van der Waals surface area contributed by atoms with Crippen LogP contribution in [0.2, 0.25) is 0 Å². The number of anilines is 2. The molecule has 1 heterocycles. The number of hydrogen-bond donors (Lipinski definition) is 1. The Hall–Kier alpha value is -2.27. The van der Waals surface area contributed by atoms with E-state index in [2.05, 4.69) is 17.4 Å². The number of fused-ring (bicyclic) bond motifs is 1. The van der Waals surface area contributed by atoms with Gasteiger partial charge in [0.2, 0.25) is 11.8 Å². The Kier molecular flexibility index (Phi) is 5.20. The third-order valence-corrected chi connectivity index (χ3v) is 5.06. The van der Waals surface area contributed by atoms with Gasteiger partial charge in [0.05, 0.1) is 5.75 Å². The van der Waals surface area contributed by atoms with Gasteiger partial charge in [-0.3, -0.25) is 9.59 Å². The van der Waals surface area contributed by atoms with Gasteiger partial charge in [0, 0.05) is 30.6 Å². The smallest absolute Gasteiger partial charge is 0.234 e. The van der Waals surface area contributed by atoms with Gasteiger partial charge < -0.3 is 10.2 Å². The molecule has 0 spiro atoms. The van der Waals surface area contributed by atoms with Crippen molar-refractivity contribution in [1.82, 2.24) is 0 Å². The van der Waals surface area contributed by atoms with Crippen molar-refractivity contribution in [2.45, 2.75) is 18.6 Å². The molecule has 0 atom stereocenters. The topological polar surface area (TPSA) is 49.4 Å². The van der Waals surface area contributed by atoms with Crippen LogP contribution in [0.25, 0.3) is 0 Å². The van der Waals surface area contributed by atoms with Gasteiger partial charge in [0.1, 0.15) is 0 Å². The predicted octanol–water partition coefficient (Wildman–Crippen LogP) is 3.47. The Bertz CT molecular complexity index is 746. The van der Waals surface area contributed by atoms with Crippen molar-refractivity contribution in [3.05, 3.63) is 59.7 Å². The Morgan fingerprint density at radius 1 is 1.17 bits per heavy atom. The summed E-state index contributed by atoms with van der Waals surface area (Å²) in [6.07, 6.45) is 1.25. The van der Waals surface area contributed by atoms with Gasteiger partial charge in [0.25, 0.3) is 0 Å². The molecule has 0 saturated carbocycles. The molecule has 0 unspecified atom stereocenters. The molecule has 5 heteroatoms. The Morgan fingerprint density at radius 3 is 2.75 bits per heavy atom. The maximum absolute atomic E-state index is 12.1. The molecule has 2 aromatic carbocycles. The Morgan fingerprint density at radius 2 is 1.96 bits per heavy atom. The number of nitrogens with zero attached hydrogens (tertiary/aromatic N) is 1. The van der Waals surface area contributed by atoms with Crippen molar-refractivity contribution in [3.8, 4) is 0 Å². The normalized spacial score (nSPS) is 13.5. The molecule has 124 valence electrons. The molecule has 0 bridgehead atoms. The minimum absolute atomic E-state index is 0.00359. The van der Waals surface area contributed by atoms with Crippen molar-refractivity contribution < 1.29 is 9.59 Å². The van der Waals surface area contributed by atoms with Crippen LogP contribution in [0.5, 0.6) is 0 Å². The molecular weight excluding hydrogens is 320 g/mol. The van der Waals surface area contributed by atoms with Gasteiger partial charge in [-0.2, -0.15) is 0 Å². The monoisotopic (exact) mass is 340 g/mol. The first kappa shape index (κ1) is 16.6. The fraction of sp³-hybridized carbons (Fsp3) is 0.263. The highest BCUT2D eigenvalue weighted by atomic mass is 32.2. The molecular formula is C19H20N2O2S. The summed E-state index contributed by atoms with van der Waals surface area (Å²) in [5.41, 5.74) is 4.05. The summed E-state index contributed by atoms with van der Waals surface area (Å²) in [5.74, 6) is 1.38. The van der Waals surface area contributed by atoms with Crippen molar-refractivity contribution in [2.75, 3.05) is 23.0 Å². The SMILES string of the molecule is CN1C(=O)CCc2cc(NC(=O)CSCc3ccccc3)ccc21. The maximum Gasteiger partial charge on any atom is 0.234 e. The van der Waals surface area contributed by atoms with Crippen LogP contribution in [-0.2, 0) is 21.8 Å². The average Bonchev–Trinajstić information content (AvgIpc) is 2.59. The van der Waals surface area contributed by atoms with E-state index in [9.17, 15) is 9.59 Å². The van der Waals surface area contributed by atoms with Crippen LogP contribution in [0.15, 0.2) is 48.5 Å². The maximum atomic E-state index is 12.1. The number of amides is 2. The molecule has 0 radical (unpaired) electrons. The number of carbonyl (C=O) groups excluding carboxylic acids is 2. The first-order valence-corrected chi connectivity index (χ1v) is 9.10. The van der Waals surface area contributed by atoms with Crippen LogP contribution in [0, 0.1) is 0 Å². The first-order valence-electron chi connectivity index (χ1n) is 7.94. The lowest BCUT2D eigenvalue weighted by molar-refractivity contribution is -0.118. The van der Waals surface area contributed by atoms with Crippen LogP contribution < -0.4 is 10.2 Å². The van der Waals surface area contributed by atoms with Gasteiger partial charge in [0.15, 0.2) is 0 Å². The number of carbonyl (C=O) groups is 2. The average molecular weight is 340 g/mol. The van der Waals surface area contributed by atoms with Gasteiger partial charge in [-0.25, -0.2) is 0 Å². The number of aryl methyl sites for hydroxylation is 1. The molecule has 24 heavy (non-hydrogen) atoms. The molecule has 0 aromatic heterocycles. The van der Waals surface area contributed by atoms with Crippen LogP contribution in [-0.4, -0.2) is 24.6 Å². The van der Waals surface area contributed by atoms with E-state index in [1.807, 2.05) is 36.4 Å². The number of benzene rings is 2. The summed E-state index contributed by atoms with van der Waals surface area (Å²) < 4.78 is 0. The van der Waals surface area contributed by atoms with E-state index < -0.39 is 0 Å². The van der Waals surface area contributed by atoms with Gasteiger partial charge in [-0.15, -0.1) is 11.8 Å². The predicted molar refractivity (Wildman–Crippen MR) is 99.4 cm³/mol. The lowest BCUT2D eigenvalue weighted by Gasteiger charge is -2.26. The molecule has 4 nitrogen and oxygen atoms in total. The van der Waals surface area contributed by atoms with E-state index in [4.69, 9.17) is 0 Å². The Labute approximate surface area is 146 Å². The zero-order valence-electron chi connectivity index (χ0n) is 13.6. The lowest BCUT2D eigenvalue weighted by Crippen LogP contribution is -2.31. The van der Waals surface area contributed by atoms with E-state index >= 15 is 0 Å². The molecule has 3 rings (SSSR count). The molecule has 2 aromatic rings. The summed E-state index contributed by atoms with van der Waals surface area (Å²) in [6.45, 7) is 0. The second kappa shape index (κ2) is 7.53. The van der Waals surface area contributed by atoms with E-state index in [-0.39, 0.29) is 11.8 Å². The number of thioether (sulfide) groups is 1. The summed E-state index contributed by atoms with van der Waals surface area (Å²) >= 11 is 1.60. The van der Waals surface area contributed by atoms with Gasteiger partial charge >= 0.3 is 0 Å². The molecule has 2 amide bonds. The number of nitrogens with one attached hydrogen (secondary N) is 1. The van der Waals surface area contributed by atoms with Crippen molar-refractivity contribution in [1.29, 1.82) is 0 Å². The summed E-state index contributed by atoms with van der Waals surface area (Å²) in [4.78, 5) is 25.5. The highest BCUT2D eigenvalue weighted by Gasteiger charge is 2.20. The van der Waals surface area contributed by atoms with Crippen molar-refractivity contribution >= 4 is 35.0 Å². The van der Waals surface area contributed by atoms with Crippen LogP contribution in [0.1, 0.15) is 17.5 Å². The number of rotatable bonds is 5. The zero-order valence-corrected chi connectivity index (χ0v) is 14.4. The van der Waals surface area contributed by atoms with Gasteiger partial charge in [-0.05, 0) is 35.7 Å². The highest BCUT2D eigenvalue weighted by molar-refractivity contribution is 7.99. The summed E-state index contributed by atoms with van der Waals surface area (Å²) in [7, 11) is 1.79. The van der Waals surface area contributed by atoms with Gasteiger partial charge in [-0.1, -0.05) is 30.3 Å². The molecule has 0 saturated heterocycles. The lowest BCUT2D eigenvalue weighted by atomic mass is 10.0. The molecule has 1 N–H and O–H groups in total. The Balaban J connectivity index is 1.54. The number of hydrogen-bond acceptors (Lipinski definition) is 3. The van der Waals surface area contributed by atoms with Crippen LogP contribution >= 0.6 is 11.8 Å². The molecule has 0 fully saturated rings. The zero-order chi connectivity index (χ0) is 16.9. The fourth-order valence-electron chi connectivity index (χ4n) is 2.77. The first-order chi connectivity index (χ1) is 11.6. The summed E-state index contributed by atoms with van der Waals surface area (Å²) in [6, 6.07) is 15.8. The fourth-order valence-corrected chi connectivity index (χ4v) is 3.56. The van der Waals surface area contributed by atoms with Crippen LogP contribution in [0.4, 0.5) is 11.4 Å². The minimum atomic E-state index is -0.00359. The van der Waals surface area contributed by atoms with Crippen molar-refractivity contribution in [2.24, 2.45) is 0 Å². The third kappa shape index (κ3) is 3.97. The van der Waals surface area contributed by atoms with E-state index in [0.29, 0.717) is 12.2 Å². The third-order valence-electron chi connectivity index (χ3n) is 4.05. The largest absolute Gasteiger partial charge is 0.325 e. The highest BCUT2D eigenvalue weighted by Crippen LogP contribution is 2.29. The van der Waals surface area contributed by atoms with E-state index in [1.54, 1.807) is 23.7 Å². The van der Waals surface area contributed by atoms with Crippen LogP contribution in [0.3, 0.4) is 0 Å². The summed E-state index contributed by atoms with van der Waals surface area (Å²) in [5, 5.41) is 2.94. The molecule has 0 aliphatic carbocycles. The minimum Gasteiger partial charge on any atom is -0.325 e. The standard InChI is InChI=1S/C19H20N2O2S/c1-21-17-9-8-16(11-15(17)7-10-19(21)23)20-18(22)13-24-12-14-5-3-2-4-6-14/h2-6,8-9,11H,7,10,12-13H2,1H3,(H,20,22). The second-order valence-electron chi connectivity index (χ2n) is 5.82. The quantitative estimate of drug-likeness (QED) is 0.907. The molecule has 1 aliphatic rings. The van der Waals surface area contributed by atoms with E-state index in [1.165, 1.54) is 5.56 Å².